The molecule has 0 saturated carbocycles. The van der Waals surface area contributed by atoms with E-state index in [9.17, 15) is 0 Å². The summed E-state index contributed by atoms with van der Waals surface area (Å²) in [7, 11) is 0. The molecule has 0 atom stereocenters. The number of aromatic nitrogens is 2. The Hall–Kier alpha value is -8.60. The zero-order valence-corrected chi connectivity index (χ0v) is 34.9. The summed E-state index contributed by atoms with van der Waals surface area (Å²) in [6.07, 6.45) is 0. The Morgan fingerprint density at radius 1 is 0.219 bits per heavy atom. The Morgan fingerprint density at radius 2 is 0.547 bits per heavy atom. The second kappa shape index (κ2) is 14.5. The molecule has 0 amide bonds. The van der Waals surface area contributed by atoms with Crippen LogP contribution in [0.25, 0.3) is 77.2 Å². The molecule has 0 saturated heterocycles. The van der Waals surface area contributed by atoms with E-state index in [0.29, 0.717) is 0 Å². The fourth-order valence-electron chi connectivity index (χ4n) is 10.2. The first-order valence-corrected chi connectivity index (χ1v) is 21.9. The topological polar surface area (TPSA) is 16.3 Å². The SMILES string of the molecule is c1ccc(-c2ccc(-n3c4ccccc4c4c5c(ccc43)N(c3ccccc3)c3c(ccc4c3c3ccccc3n4-c3ccc(-c4ccccc4)cc3)N5c3ccccc3)cc2)cc1. The molecular formula is C60H40N4. The third kappa shape index (κ3) is 5.49. The van der Waals surface area contributed by atoms with Gasteiger partial charge in [-0.25, -0.2) is 0 Å². The molecule has 300 valence electrons. The van der Waals surface area contributed by atoms with Crippen molar-refractivity contribution < 1.29 is 0 Å². The Kier molecular flexibility index (Phi) is 8.18. The molecule has 10 aromatic carbocycles. The van der Waals surface area contributed by atoms with Gasteiger partial charge in [0, 0.05) is 44.3 Å². The minimum atomic E-state index is 1.11. The molecule has 4 nitrogen and oxygen atoms in total. The van der Waals surface area contributed by atoms with E-state index >= 15 is 0 Å². The molecular weight excluding hydrogens is 777 g/mol. The summed E-state index contributed by atoms with van der Waals surface area (Å²) in [6, 6.07) is 88.2. The average Bonchev–Trinajstić information content (AvgIpc) is 3.90. The molecule has 0 radical (unpaired) electrons. The first-order chi connectivity index (χ1) is 31.8. The van der Waals surface area contributed by atoms with Crippen molar-refractivity contribution in [1.82, 2.24) is 9.13 Å². The first-order valence-electron chi connectivity index (χ1n) is 21.9. The van der Waals surface area contributed by atoms with Crippen LogP contribution in [0.15, 0.2) is 243 Å². The molecule has 0 fully saturated rings. The van der Waals surface area contributed by atoms with Crippen molar-refractivity contribution in [1.29, 1.82) is 0 Å². The van der Waals surface area contributed by atoms with Crippen LogP contribution in [-0.2, 0) is 0 Å². The van der Waals surface area contributed by atoms with E-state index in [2.05, 4.69) is 262 Å². The van der Waals surface area contributed by atoms with Crippen molar-refractivity contribution in [2.45, 2.75) is 0 Å². The minimum Gasteiger partial charge on any atom is -0.309 e. The molecule has 0 unspecified atom stereocenters. The van der Waals surface area contributed by atoms with Crippen molar-refractivity contribution in [2.75, 3.05) is 9.80 Å². The van der Waals surface area contributed by atoms with E-state index < -0.39 is 0 Å². The van der Waals surface area contributed by atoms with Crippen LogP contribution < -0.4 is 9.80 Å². The second-order valence-corrected chi connectivity index (χ2v) is 16.5. The molecule has 0 aliphatic carbocycles. The Morgan fingerprint density at radius 3 is 0.938 bits per heavy atom. The van der Waals surface area contributed by atoms with Gasteiger partial charge in [0.1, 0.15) is 0 Å². The molecule has 0 bridgehead atoms. The number of benzene rings is 10. The zero-order chi connectivity index (χ0) is 42.1. The largest absolute Gasteiger partial charge is 0.309 e. The highest BCUT2D eigenvalue weighted by Crippen LogP contribution is 2.60. The van der Waals surface area contributed by atoms with E-state index in [-0.39, 0.29) is 0 Å². The van der Waals surface area contributed by atoms with Gasteiger partial charge < -0.3 is 18.9 Å². The number of fused-ring (bicyclic) bond motifs is 10. The third-order valence-corrected chi connectivity index (χ3v) is 13.0. The van der Waals surface area contributed by atoms with Gasteiger partial charge in [0.25, 0.3) is 0 Å². The van der Waals surface area contributed by atoms with Crippen molar-refractivity contribution in [3.05, 3.63) is 243 Å². The maximum absolute atomic E-state index is 2.52. The first kappa shape index (κ1) is 36.1. The minimum absolute atomic E-state index is 1.11. The monoisotopic (exact) mass is 816 g/mol. The summed E-state index contributed by atoms with van der Waals surface area (Å²) in [6.45, 7) is 0. The van der Waals surface area contributed by atoms with Crippen LogP contribution in [-0.4, -0.2) is 9.13 Å². The van der Waals surface area contributed by atoms with Crippen LogP contribution in [0.5, 0.6) is 0 Å². The molecule has 1 aliphatic rings. The van der Waals surface area contributed by atoms with Gasteiger partial charge in [-0.05, 0) is 107 Å². The number of rotatable bonds is 6. The highest BCUT2D eigenvalue weighted by molar-refractivity contribution is 6.26. The molecule has 12 aromatic rings. The molecule has 1 aliphatic heterocycles. The third-order valence-electron chi connectivity index (χ3n) is 13.0. The van der Waals surface area contributed by atoms with Crippen molar-refractivity contribution >= 4 is 77.7 Å². The molecule has 13 rings (SSSR count). The van der Waals surface area contributed by atoms with E-state index in [1.807, 2.05) is 0 Å². The average molecular weight is 817 g/mol. The zero-order valence-electron chi connectivity index (χ0n) is 34.9. The number of para-hydroxylation sites is 4. The summed E-state index contributed by atoms with van der Waals surface area (Å²) in [5.74, 6) is 0. The van der Waals surface area contributed by atoms with Crippen LogP contribution in [0.1, 0.15) is 0 Å². The van der Waals surface area contributed by atoms with E-state index in [4.69, 9.17) is 0 Å². The van der Waals surface area contributed by atoms with Crippen LogP contribution in [0, 0.1) is 0 Å². The van der Waals surface area contributed by atoms with Gasteiger partial charge in [0.05, 0.1) is 44.8 Å². The molecule has 2 aromatic heterocycles. The lowest BCUT2D eigenvalue weighted by Gasteiger charge is -2.41. The second-order valence-electron chi connectivity index (χ2n) is 16.5. The number of hydrogen-bond acceptors (Lipinski definition) is 2. The lowest BCUT2D eigenvalue weighted by molar-refractivity contribution is 1.16. The van der Waals surface area contributed by atoms with Gasteiger partial charge in [-0.3, -0.25) is 0 Å². The summed E-state index contributed by atoms with van der Waals surface area (Å²) in [4.78, 5) is 5.03. The fourth-order valence-corrected chi connectivity index (χ4v) is 10.2. The molecule has 3 heterocycles. The Bertz CT molecular complexity index is 3440. The van der Waals surface area contributed by atoms with Gasteiger partial charge in [0.15, 0.2) is 0 Å². The highest BCUT2D eigenvalue weighted by atomic mass is 15.3. The van der Waals surface area contributed by atoms with Gasteiger partial charge >= 0.3 is 0 Å². The maximum Gasteiger partial charge on any atom is 0.0804 e. The molecule has 0 N–H and O–H groups in total. The standard InChI is InChI=1S/C60H40N4/c1-5-17-41(18-6-1)43-29-33-47(34-30-43)61-51-27-15-13-25-49(51)57-53(61)37-39-55-59(57)63(45-21-9-3-10-22-45)56-40-38-54-58(60(56)64(55)46-23-11-4-12-24-46)50-26-14-16-28-52(50)62(54)48-35-31-44(32-36-48)42-19-7-2-8-20-42/h1-40H. The number of nitrogens with zero attached hydrogens (tertiary/aromatic N) is 4. The molecule has 0 spiro atoms. The number of anilines is 6. The van der Waals surface area contributed by atoms with Gasteiger partial charge in [-0.15, -0.1) is 0 Å². The Labute approximate surface area is 371 Å². The van der Waals surface area contributed by atoms with Crippen LogP contribution >= 0.6 is 0 Å². The quantitative estimate of drug-likeness (QED) is 0.166. The van der Waals surface area contributed by atoms with Crippen molar-refractivity contribution in [2.24, 2.45) is 0 Å². The molecule has 64 heavy (non-hydrogen) atoms. The van der Waals surface area contributed by atoms with Crippen molar-refractivity contribution in [3.8, 4) is 33.6 Å². The smallest absolute Gasteiger partial charge is 0.0804 e. The van der Waals surface area contributed by atoms with E-state index in [1.54, 1.807) is 0 Å². The van der Waals surface area contributed by atoms with Crippen LogP contribution in [0.3, 0.4) is 0 Å². The van der Waals surface area contributed by atoms with Crippen LogP contribution in [0.2, 0.25) is 0 Å². The van der Waals surface area contributed by atoms with Gasteiger partial charge in [0.2, 0.25) is 0 Å². The number of hydrogen-bond donors (Lipinski definition) is 0. The van der Waals surface area contributed by atoms with Crippen LogP contribution in [0.4, 0.5) is 34.1 Å². The summed E-state index contributed by atoms with van der Waals surface area (Å²) in [5, 5.41) is 4.82. The van der Waals surface area contributed by atoms with Gasteiger partial charge in [-0.2, -0.15) is 0 Å². The van der Waals surface area contributed by atoms with E-state index in [1.165, 1.54) is 54.8 Å². The fraction of sp³-hybridized carbons (Fsp3) is 0. The summed E-state index contributed by atoms with van der Waals surface area (Å²) < 4.78 is 4.87. The van der Waals surface area contributed by atoms with Crippen molar-refractivity contribution in [3.63, 3.8) is 0 Å². The predicted molar refractivity (Wildman–Crippen MR) is 269 cm³/mol. The normalized spacial score (nSPS) is 12.3. The Balaban J connectivity index is 1.10. The maximum atomic E-state index is 2.52. The predicted octanol–water partition coefficient (Wildman–Crippen LogP) is 16.5. The summed E-state index contributed by atoms with van der Waals surface area (Å²) in [5.41, 5.74) is 18.5. The lowest BCUT2D eigenvalue weighted by Crippen LogP contribution is -2.24. The summed E-state index contributed by atoms with van der Waals surface area (Å²) >= 11 is 0. The highest BCUT2D eigenvalue weighted by Gasteiger charge is 2.36. The van der Waals surface area contributed by atoms with E-state index in [0.717, 1.165) is 56.5 Å². The molecule has 4 heteroatoms. The van der Waals surface area contributed by atoms with Gasteiger partial charge in [-0.1, -0.05) is 158 Å². The lowest BCUT2D eigenvalue weighted by atomic mass is 9.98.